The van der Waals surface area contributed by atoms with Crippen LogP contribution in [0.1, 0.15) is 12.5 Å². The summed E-state index contributed by atoms with van der Waals surface area (Å²) >= 11 is 0. The van der Waals surface area contributed by atoms with Crippen molar-refractivity contribution >= 4 is 34.9 Å². The van der Waals surface area contributed by atoms with E-state index in [4.69, 9.17) is 0 Å². The molecular weight excluding hydrogens is 374 g/mol. The van der Waals surface area contributed by atoms with Crippen molar-refractivity contribution in [3.05, 3.63) is 96.6 Å². The highest BCUT2D eigenvalue weighted by Crippen LogP contribution is 2.18. The first-order valence-corrected chi connectivity index (χ1v) is 9.52. The lowest BCUT2D eigenvalue weighted by atomic mass is 10.1. The maximum atomic E-state index is 4.48. The Labute approximate surface area is 175 Å². The Morgan fingerprint density at radius 2 is 1.03 bits per heavy atom. The Bertz CT molecular complexity index is 1050. The number of rotatable bonds is 7. The highest BCUT2D eigenvalue weighted by Gasteiger charge is 2.08. The minimum Gasteiger partial charge on any atom is -0.324 e. The van der Waals surface area contributed by atoms with Crippen molar-refractivity contribution in [3.63, 3.8) is 0 Å². The molecular formula is C23H21N7. The summed E-state index contributed by atoms with van der Waals surface area (Å²) in [5.74, 6) is 1.14. The third-order valence-electron chi connectivity index (χ3n) is 4.21. The molecule has 0 saturated carbocycles. The van der Waals surface area contributed by atoms with Crippen LogP contribution in [0.25, 0.3) is 0 Å². The zero-order valence-corrected chi connectivity index (χ0v) is 16.4. The molecule has 0 spiro atoms. The summed E-state index contributed by atoms with van der Waals surface area (Å²) < 4.78 is 0. The van der Waals surface area contributed by atoms with Crippen molar-refractivity contribution in [2.45, 2.75) is 6.92 Å². The number of anilines is 5. The number of hydrogen-bond acceptors (Lipinski definition) is 7. The number of benzene rings is 3. The number of hydrazone groups is 1. The average molecular weight is 395 g/mol. The van der Waals surface area contributed by atoms with E-state index in [0.717, 1.165) is 22.6 Å². The van der Waals surface area contributed by atoms with E-state index in [1.165, 1.54) is 0 Å². The van der Waals surface area contributed by atoms with Crippen LogP contribution >= 0.6 is 0 Å². The highest BCUT2D eigenvalue weighted by molar-refractivity contribution is 5.98. The summed E-state index contributed by atoms with van der Waals surface area (Å²) in [5, 5.41) is 10.8. The molecule has 30 heavy (non-hydrogen) atoms. The topological polar surface area (TPSA) is 87.1 Å². The molecule has 0 amide bonds. The van der Waals surface area contributed by atoms with Gasteiger partial charge in [0, 0.05) is 11.4 Å². The lowest BCUT2D eigenvalue weighted by Crippen LogP contribution is -2.08. The second kappa shape index (κ2) is 9.29. The van der Waals surface area contributed by atoms with Gasteiger partial charge in [-0.05, 0) is 36.8 Å². The molecule has 0 bridgehead atoms. The van der Waals surface area contributed by atoms with Crippen LogP contribution in [0.3, 0.4) is 0 Å². The van der Waals surface area contributed by atoms with Crippen LogP contribution in [0.4, 0.5) is 29.2 Å². The number of nitrogens with zero attached hydrogens (tertiary/aromatic N) is 4. The third kappa shape index (κ3) is 5.17. The van der Waals surface area contributed by atoms with Gasteiger partial charge in [-0.25, -0.2) is 5.43 Å². The molecule has 7 nitrogen and oxygen atoms in total. The molecule has 148 valence electrons. The molecule has 0 radical (unpaired) electrons. The van der Waals surface area contributed by atoms with Gasteiger partial charge in [0.2, 0.25) is 17.8 Å². The maximum absolute atomic E-state index is 4.48. The van der Waals surface area contributed by atoms with E-state index in [1.807, 2.05) is 97.9 Å². The molecule has 1 aromatic heterocycles. The van der Waals surface area contributed by atoms with Crippen LogP contribution in [0.5, 0.6) is 0 Å². The van der Waals surface area contributed by atoms with E-state index in [9.17, 15) is 0 Å². The third-order valence-corrected chi connectivity index (χ3v) is 4.21. The minimum atomic E-state index is 0.331. The molecule has 1 heterocycles. The van der Waals surface area contributed by atoms with Crippen molar-refractivity contribution in [1.29, 1.82) is 0 Å². The predicted octanol–water partition coefficient (Wildman–Crippen LogP) is 5.19. The Kier molecular flexibility index (Phi) is 5.91. The molecule has 4 aromatic rings. The first-order valence-electron chi connectivity index (χ1n) is 9.52. The summed E-state index contributed by atoms with van der Waals surface area (Å²) in [6.07, 6.45) is 0. The van der Waals surface area contributed by atoms with Gasteiger partial charge in [0.05, 0.1) is 5.71 Å². The largest absolute Gasteiger partial charge is 0.324 e. The predicted molar refractivity (Wildman–Crippen MR) is 122 cm³/mol. The first kappa shape index (κ1) is 19.1. The standard InChI is InChI=1S/C23H21N7/c1-17(18-11-5-2-6-12-18)29-30-23-27-21(24-19-13-7-3-8-14-19)26-22(28-23)25-20-15-9-4-10-16-20/h2-16H,1H3,(H3,24,25,26,27,28,30)/b29-17+. The molecule has 0 fully saturated rings. The van der Waals surface area contributed by atoms with Crippen LogP contribution in [-0.4, -0.2) is 20.7 Å². The zero-order chi connectivity index (χ0) is 20.6. The van der Waals surface area contributed by atoms with Crippen LogP contribution in [-0.2, 0) is 0 Å². The van der Waals surface area contributed by atoms with E-state index in [1.54, 1.807) is 0 Å². The minimum absolute atomic E-state index is 0.331. The quantitative estimate of drug-likeness (QED) is 0.295. The molecule has 0 aliphatic rings. The zero-order valence-electron chi connectivity index (χ0n) is 16.4. The van der Waals surface area contributed by atoms with Crippen molar-refractivity contribution in [2.24, 2.45) is 5.10 Å². The molecule has 0 saturated heterocycles. The van der Waals surface area contributed by atoms with Crippen molar-refractivity contribution in [1.82, 2.24) is 15.0 Å². The van der Waals surface area contributed by atoms with Crippen LogP contribution in [0.2, 0.25) is 0 Å². The molecule has 0 aliphatic carbocycles. The summed E-state index contributed by atoms with van der Waals surface area (Å²) in [6.45, 7) is 1.93. The lowest BCUT2D eigenvalue weighted by Gasteiger charge is -2.10. The van der Waals surface area contributed by atoms with Crippen molar-refractivity contribution in [2.75, 3.05) is 16.1 Å². The van der Waals surface area contributed by atoms with E-state index in [-0.39, 0.29) is 0 Å². The van der Waals surface area contributed by atoms with E-state index >= 15 is 0 Å². The fraction of sp³-hybridized carbons (Fsp3) is 0.0435. The number of hydrogen-bond donors (Lipinski definition) is 3. The number of nitrogens with one attached hydrogen (secondary N) is 3. The molecule has 0 unspecified atom stereocenters. The van der Waals surface area contributed by atoms with Gasteiger partial charge in [-0.1, -0.05) is 66.7 Å². The van der Waals surface area contributed by atoms with Gasteiger partial charge in [-0.2, -0.15) is 20.1 Å². The molecule has 0 atom stereocenters. The van der Waals surface area contributed by atoms with Crippen LogP contribution in [0, 0.1) is 0 Å². The van der Waals surface area contributed by atoms with Gasteiger partial charge in [0.1, 0.15) is 0 Å². The molecule has 4 rings (SSSR count). The number of para-hydroxylation sites is 2. The van der Waals surface area contributed by atoms with Gasteiger partial charge in [-0.3, -0.25) is 0 Å². The van der Waals surface area contributed by atoms with Gasteiger partial charge in [0.25, 0.3) is 0 Å². The maximum Gasteiger partial charge on any atom is 0.250 e. The molecule has 0 aliphatic heterocycles. The monoisotopic (exact) mass is 395 g/mol. The summed E-state index contributed by atoms with van der Waals surface area (Å²) in [7, 11) is 0. The van der Waals surface area contributed by atoms with E-state index in [2.05, 4.69) is 36.1 Å². The lowest BCUT2D eigenvalue weighted by molar-refractivity contribution is 1.04. The van der Waals surface area contributed by atoms with Crippen molar-refractivity contribution in [3.8, 4) is 0 Å². The molecule has 3 N–H and O–H groups in total. The van der Waals surface area contributed by atoms with E-state index < -0.39 is 0 Å². The van der Waals surface area contributed by atoms with Gasteiger partial charge >= 0.3 is 0 Å². The Morgan fingerprint density at radius 3 is 1.53 bits per heavy atom. The van der Waals surface area contributed by atoms with Crippen LogP contribution in [0.15, 0.2) is 96.1 Å². The smallest absolute Gasteiger partial charge is 0.250 e. The van der Waals surface area contributed by atoms with Gasteiger partial charge in [0.15, 0.2) is 0 Å². The van der Waals surface area contributed by atoms with Gasteiger partial charge in [-0.15, -0.1) is 0 Å². The summed E-state index contributed by atoms with van der Waals surface area (Å²) in [6, 6.07) is 29.4. The van der Waals surface area contributed by atoms with Crippen molar-refractivity contribution < 1.29 is 0 Å². The summed E-state index contributed by atoms with van der Waals surface area (Å²) in [4.78, 5) is 13.4. The summed E-state index contributed by atoms with van der Waals surface area (Å²) in [5.41, 5.74) is 6.54. The number of aromatic nitrogens is 3. The second-order valence-corrected chi connectivity index (χ2v) is 6.46. The van der Waals surface area contributed by atoms with Gasteiger partial charge < -0.3 is 10.6 Å². The molecule has 3 aromatic carbocycles. The Hall–Kier alpha value is -4.26. The molecule has 7 heteroatoms. The fourth-order valence-corrected chi connectivity index (χ4v) is 2.72. The first-order chi connectivity index (χ1) is 14.8. The second-order valence-electron chi connectivity index (χ2n) is 6.46. The fourth-order valence-electron chi connectivity index (χ4n) is 2.72. The van der Waals surface area contributed by atoms with Crippen LogP contribution < -0.4 is 16.1 Å². The SMILES string of the molecule is C/C(=N\Nc1nc(Nc2ccccc2)nc(Nc2ccccc2)n1)c1ccccc1. The Balaban J connectivity index is 1.61. The average Bonchev–Trinajstić information content (AvgIpc) is 2.79. The van der Waals surface area contributed by atoms with E-state index in [0.29, 0.717) is 17.8 Å². The highest BCUT2D eigenvalue weighted by atomic mass is 15.4. The normalized spacial score (nSPS) is 11.0. The Morgan fingerprint density at radius 1 is 0.600 bits per heavy atom.